The minimum absolute atomic E-state index is 0.623. The molecule has 0 amide bonds. The molecule has 1 heterocycles. The normalized spacial score (nSPS) is 22.4. The third-order valence-corrected chi connectivity index (χ3v) is 2.80. The van der Waals surface area contributed by atoms with Crippen LogP contribution < -0.4 is 0 Å². The molecule has 0 bridgehead atoms. The molecule has 1 atom stereocenters. The van der Waals surface area contributed by atoms with Crippen LogP contribution in [0.2, 0.25) is 0 Å². The van der Waals surface area contributed by atoms with E-state index in [-0.39, 0.29) is 0 Å². The summed E-state index contributed by atoms with van der Waals surface area (Å²) in [4.78, 5) is 2.43. The van der Waals surface area contributed by atoms with Gasteiger partial charge in [-0.15, -0.1) is 0 Å². The molecule has 2 heteroatoms. The monoisotopic (exact) mass is 197 g/mol. The first-order chi connectivity index (χ1) is 6.88. The summed E-state index contributed by atoms with van der Waals surface area (Å²) in [5.74, 6) is 0. The third-order valence-electron chi connectivity index (χ3n) is 2.80. The number of ether oxygens (including phenoxy) is 1. The van der Waals surface area contributed by atoms with Crippen molar-refractivity contribution in [2.75, 3.05) is 20.3 Å². The number of allylic oxidation sites excluding steroid dienone is 1. The lowest BCUT2D eigenvalue weighted by atomic mass is 10.2. The fourth-order valence-electron chi connectivity index (χ4n) is 1.96. The summed E-state index contributed by atoms with van der Waals surface area (Å²) < 4.78 is 5.21. The zero-order valence-corrected chi connectivity index (χ0v) is 9.54. The zero-order chi connectivity index (χ0) is 10.2. The number of unbranched alkanes of at least 4 members (excludes halogenated alkanes) is 2. The molecule has 1 saturated heterocycles. The molecular formula is C12H23NO. The minimum atomic E-state index is 0.623. The highest BCUT2D eigenvalue weighted by molar-refractivity contribution is 4.90. The van der Waals surface area contributed by atoms with Crippen molar-refractivity contribution in [2.45, 2.75) is 45.1 Å². The van der Waals surface area contributed by atoms with Crippen LogP contribution in [0.1, 0.15) is 39.0 Å². The maximum atomic E-state index is 5.21. The lowest BCUT2D eigenvalue weighted by molar-refractivity contribution is 0.138. The largest absolute Gasteiger partial charge is 0.383 e. The Balaban J connectivity index is 2.24. The van der Waals surface area contributed by atoms with Crippen LogP contribution in [0.25, 0.3) is 0 Å². The molecule has 0 unspecified atom stereocenters. The lowest BCUT2D eigenvalue weighted by Gasteiger charge is -2.21. The number of hydrogen-bond donors (Lipinski definition) is 0. The highest BCUT2D eigenvalue weighted by Gasteiger charge is 2.20. The second-order valence-corrected chi connectivity index (χ2v) is 4.02. The van der Waals surface area contributed by atoms with Crippen molar-refractivity contribution in [1.82, 2.24) is 4.90 Å². The van der Waals surface area contributed by atoms with Crippen molar-refractivity contribution in [3.8, 4) is 0 Å². The van der Waals surface area contributed by atoms with E-state index in [1.54, 1.807) is 7.11 Å². The molecular weight excluding hydrogens is 174 g/mol. The van der Waals surface area contributed by atoms with Gasteiger partial charge in [-0.05, 0) is 25.5 Å². The Morgan fingerprint density at radius 3 is 3.07 bits per heavy atom. The van der Waals surface area contributed by atoms with Gasteiger partial charge in [-0.2, -0.15) is 0 Å². The molecule has 2 nitrogen and oxygen atoms in total. The van der Waals surface area contributed by atoms with E-state index >= 15 is 0 Å². The average Bonchev–Trinajstić information content (AvgIpc) is 2.61. The highest BCUT2D eigenvalue weighted by atomic mass is 16.5. The fraction of sp³-hybridized carbons (Fsp3) is 0.833. The van der Waals surface area contributed by atoms with E-state index in [2.05, 4.69) is 24.1 Å². The number of methoxy groups -OCH3 is 1. The van der Waals surface area contributed by atoms with E-state index < -0.39 is 0 Å². The molecule has 0 aromatic carbocycles. The van der Waals surface area contributed by atoms with E-state index in [0.717, 1.165) is 6.61 Å². The first-order valence-electron chi connectivity index (χ1n) is 5.79. The standard InChI is InChI=1S/C12H23NO/c1-3-4-5-6-9-13-10-7-8-12(13)11-14-2/h6,9,12H,3-5,7-8,10-11H2,1-2H3/b9-6+/t12-/m0/s1. The van der Waals surface area contributed by atoms with E-state index in [1.807, 2.05) is 0 Å². The lowest BCUT2D eigenvalue weighted by Crippen LogP contribution is -2.28. The van der Waals surface area contributed by atoms with E-state index in [9.17, 15) is 0 Å². The second-order valence-electron chi connectivity index (χ2n) is 4.02. The van der Waals surface area contributed by atoms with E-state index in [1.165, 1.54) is 38.6 Å². The molecule has 14 heavy (non-hydrogen) atoms. The van der Waals surface area contributed by atoms with Crippen LogP contribution in [-0.4, -0.2) is 31.2 Å². The maximum Gasteiger partial charge on any atom is 0.0666 e. The Kier molecular flexibility index (Phi) is 5.69. The molecule has 0 N–H and O–H groups in total. The van der Waals surface area contributed by atoms with Crippen LogP contribution in [0, 0.1) is 0 Å². The van der Waals surface area contributed by atoms with Crippen molar-refractivity contribution >= 4 is 0 Å². The second kappa shape index (κ2) is 6.88. The van der Waals surface area contributed by atoms with Crippen molar-refractivity contribution < 1.29 is 4.74 Å². The SMILES string of the molecule is CCCC/C=C/N1CCC[C@H]1COC. The number of likely N-dealkylation sites (tertiary alicyclic amines) is 1. The molecule has 0 saturated carbocycles. The number of nitrogens with zero attached hydrogens (tertiary/aromatic N) is 1. The molecule has 0 aromatic heterocycles. The molecule has 1 rings (SSSR count). The summed E-state index contributed by atoms with van der Waals surface area (Å²) in [7, 11) is 1.79. The van der Waals surface area contributed by atoms with Crippen LogP contribution >= 0.6 is 0 Å². The molecule has 1 aliphatic heterocycles. The van der Waals surface area contributed by atoms with Crippen LogP contribution in [0.3, 0.4) is 0 Å². The molecule has 0 aliphatic carbocycles. The Morgan fingerprint density at radius 1 is 1.50 bits per heavy atom. The van der Waals surface area contributed by atoms with Gasteiger partial charge in [-0.3, -0.25) is 0 Å². The van der Waals surface area contributed by atoms with E-state index in [0.29, 0.717) is 6.04 Å². The highest BCUT2D eigenvalue weighted by Crippen LogP contribution is 2.17. The smallest absolute Gasteiger partial charge is 0.0666 e. The summed E-state index contributed by atoms with van der Waals surface area (Å²) in [5, 5.41) is 0. The van der Waals surface area contributed by atoms with Gasteiger partial charge in [-0.25, -0.2) is 0 Å². The van der Waals surface area contributed by atoms with Crippen LogP contribution in [-0.2, 0) is 4.74 Å². The quantitative estimate of drug-likeness (QED) is 0.607. The van der Waals surface area contributed by atoms with Crippen molar-refractivity contribution in [3.63, 3.8) is 0 Å². The average molecular weight is 197 g/mol. The van der Waals surface area contributed by atoms with Crippen LogP contribution in [0.15, 0.2) is 12.3 Å². The predicted molar refractivity (Wildman–Crippen MR) is 60.3 cm³/mol. The summed E-state index contributed by atoms with van der Waals surface area (Å²) >= 11 is 0. The molecule has 1 aliphatic rings. The van der Waals surface area contributed by atoms with Crippen molar-refractivity contribution in [1.29, 1.82) is 0 Å². The Morgan fingerprint density at radius 2 is 2.36 bits per heavy atom. The van der Waals surface area contributed by atoms with E-state index in [4.69, 9.17) is 4.74 Å². The van der Waals surface area contributed by atoms with Gasteiger partial charge in [0.2, 0.25) is 0 Å². The van der Waals surface area contributed by atoms with Crippen molar-refractivity contribution in [3.05, 3.63) is 12.3 Å². The molecule has 0 radical (unpaired) electrons. The molecule has 0 aromatic rings. The van der Waals surface area contributed by atoms with Gasteiger partial charge in [0.15, 0.2) is 0 Å². The minimum Gasteiger partial charge on any atom is -0.383 e. The first-order valence-corrected chi connectivity index (χ1v) is 5.79. The van der Waals surface area contributed by atoms with Gasteiger partial charge in [-0.1, -0.05) is 25.8 Å². The first kappa shape index (κ1) is 11.6. The van der Waals surface area contributed by atoms with Gasteiger partial charge in [0.05, 0.1) is 12.6 Å². The Hall–Kier alpha value is -0.500. The summed E-state index contributed by atoms with van der Waals surface area (Å²) in [6, 6.07) is 0.623. The van der Waals surface area contributed by atoms with Crippen molar-refractivity contribution in [2.24, 2.45) is 0 Å². The van der Waals surface area contributed by atoms with Gasteiger partial charge in [0.1, 0.15) is 0 Å². The Labute approximate surface area is 87.9 Å². The van der Waals surface area contributed by atoms with Gasteiger partial charge in [0.25, 0.3) is 0 Å². The Bertz CT molecular complexity index is 168. The number of hydrogen-bond acceptors (Lipinski definition) is 2. The molecule has 1 fully saturated rings. The fourth-order valence-corrected chi connectivity index (χ4v) is 1.96. The molecule has 82 valence electrons. The van der Waals surface area contributed by atoms with Crippen LogP contribution in [0.5, 0.6) is 0 Å². The third kappa shape index (κ3) is 3.70. The summed E-state index contributed by atoms with van der Waals surface area (Å²) in [6.07, 6.45) is 11.0. The number of rotatable bonds is 6. The molecule has 0 spiro atoms. The van der Waals surface area contributed by atoms with Crippen LogP contribution in [0.4, 0.5) is 0 Å². The van der Waals surface area contributed by atoms with Gasteiger partial charge >= 0.3 is 0 Å². The predicted octanol–water partition coefficient (Wildman–Crippen LogP) is 2.80. The summed E-state index contributed by atoms with van der Waals surface area (Å²) in [6.45, 7) is 4.31. The zero-order valence-electron chi connectivity index (χ0n) is 9.54. The summed E-state index contributed by atoms with van der Waals surface area (Å²) in [5.41, 5.74) is 0. The van der Waals surface area contributed by atoms with Gasteiger partial charge in [0, 0.05) is 13.7 Å². The van der Waals surface area contributed by atoms with Gasteiger partial charge < -0.3 is 9.64 Å². The topological polar surface area (TPSA) is 12.5 Å². The maximum absolute atomic E-state index is 5.21.